The molecule has 0 unspecified atom stereocenters. The van der Waals surface area contributed by atoms with Gasteiger partial charge in [0.1, 0.15) is 5.69 Å². The monoisotopic (exact) mass is 300 g/mol. The average Bonchev–Trinajstić information content (AvgIpc) is 2.86. The molecule has 1 aliphatic rings. The lowest BCUT2D eigenvalue weighted by Gasteiger charge is -2.27. The van der Waals surface area contributed by atoms with Crippen LogP contribution in [0.4, 0.5) is 0 Å². The Morgan fingerprint density at radius 1 is 1.59 bits per heavy atom. The summed E-state index contributed by atoms with van der Waals surface area (Å²) >= 11 is 3.34. The van der Waals surface area contributed by atoms with Crippen molar-refractivity contribution in [2.45, 2.75) is 31.2 Å². The van der Waals surface area contributed by atoms with Crippen LogP contribution in [0.15, 0.2) is 16.7 Å². The molecule has 0 radical (unpaired) electrons. The van der Waals surface area contributed by atoms with E-state index in [4.69, 9.17) is 0 Å². The first-order valence-corrected chi connectivity index (χ1v) is 6.61. The zero-order valence-electron chi connectivity index (χ0n) is 9.87. The number of nitrogens with zero attached hydrogens (tertiary/aromatic N) is 1. The highest BCUT2D eigenvalue weighted by Crippen LogP contribution is 2.29. The third-order valence-corrected chi connectivity index (χ3v) is 3.88. The number of aliphatic hydroxyl groups excluding tert-OH is 1. The van der Waals surface area contributed by atoms with E-state index in [0.29, 0.717) is 5.69 Å². The van der Waals surface area contributed by atoms with Crippen LogP contribution in [0.25, 0.3) is 0 Å². The van der Waals surface area contributed by atoms with E-state index in [-0.39, 0.29) is 12.5 Å². The molecule has 1 aliphatic carbocycles. The van der Waals surface area contributed by atoms with Gasteiger partial charge in [0.15, 0.2) is 0 Å². The lowest BCUT2D eigenvalue weighted by molar-refractivity contribution is 0.0830. The van der Waals surface area contributed by atoms with Crippen LogP contribution in [0.2, 0.25) is 0 Å². The van der Waals surface area contributed by atoms with E-state index in [2.05, 4.69) is 21.2 Å². The predicted octanol–water partition coefficient (Wildman–Crippen LogP) is 1.82. The van der Waals surface area contributed by atoms with Crippen LogP contribution in [0.3, 0.4) is 0 Å². The zero-order chi connectivity index (χ0) is 12.5. The molecule has 1 fully saturated rings. The number of hydrogen-bond acceptors (Lipinski definition) is 2. The SMILES string of the molecule is Cn1cc(Br)cc1C(=O)NC1(CO)CCCC1. The van der Waals surface area contributed by atoms with Crippen LogP contribution in [0, 0.1) is 0 Å². The smallest absolute Gasteiger partial charge is 0.268 e. The molecule has 0 saturated heterocycles. The molecule has 0 aliphatic heterocycles. The molecule has 1 saturated carbocycles. The van der Waals surface area contributed by atoms with Gasteiger partial charge in [0.25, 0.3) is 5.91 Å². The van der Waals surface area contributed by atoms with E-state index in [1.54, 1.807) is 10.6 Å². The molecule has 0 aromatic carbocycles. The standard InChI is InChI=1S/C12H17BrN2O2/c1-15-7-9(13)6-10(15)11(17)14-12(8-16)4-2-3-5-12/h6-7,16H,2-5,8H2,1H3,(H,14,17). The molecule has 1 amide bonds. The number of aryl methyl sites for hydroxylation is 1. The van der Waals surface area contributed by atoms with Crippen molar-refractivity contribution in [1.82, 2.24) is 9.88 Å². The third kappa shape index (κ3) is 2.55. The third-order valence-electron chi connectivity index (χ3n) is 3.45. The van der Waals surface area contributed by atoms with Crippen molar-refractivity contribution in [1.29, 1.82) is 0 Å². The van der Waals surface area contributed by atoms with Gasteiger partial charge in [0.2, 0.25) is 0 Å². The van der Waals surface area contributed by atoms with Crippen molar-refractivity contribution < 1.29 is 9.90 Å². The van der Waals surface area contributed by atoms with Crippen molar-refractivity contribution in [2.75, 3.05) is 6.61 Å². The van der Waals surface area contributed by atoms with E-state index in [1.165, 1.54) is 0 Å². The van der Waals surface area contributed by atoms with Crippen LogP contribution >= 0.6 is 15.9 Å². The van der Waals surface area contributed by atoms with Gasteiger partial charge in [0.05, 0.1) is 12.1 Å². The number of carbonyl (C=O) groups is 1. The van der Waals surface area contributed by atoms with Crippen molar-refractivity contribution >= 4 is 21.8 Å². The van der Waals surface area contributed by atoms with Gasteiger partial charge in [-0.05, 0) is 34.8 Å². The van der Waals surface area contributed by atoms with Crippen LogP contribution in [-0.4, -0.2) is 27.7 Å². The molecule has 5 heteroatoms. The number of halogens is 1. The first-order valence-electron chi connectivity index (χ1n) is 5.82. The average molecular weight is 301 g/mol. The fourth-order valence-electron chi connectivity index (χ4n) is 2.43. The molecule has 1 heterocycles. The normalized spacial score (nSPS) is 18.3. The summed E-state index contributed by atoms with van der Waals surface area (Å²) < 4.78 is 2.66. The largest absolute Gasteiger partial charge is 0.394 e. The molecular formula is C12H17BrN2O2. The van der Waals surface area contributed by atoms with Crippen molar-refractivity contribution in [3.05, 3.63) is 22.4 Å². The van der Waals surface area contributed by atoms with Gasteiger partial charge in [-0.2, -0.15) is 0 Å². The Morgan fingerprint density at radius 2 is 2.24 bits per heavy atom. The second kappa shape index (κ2) is 4.82. The topological polar surface area (TPSA) is 54.3 Å². The summed E-state index contributed by atoms with van der Waals surface area (Å²) in [6, 6.07) is 1.79. The first-order chi connectivity index (χ1) is 8.06. The molecule has 94 valence electrons. The fraction of sp³-hybridized carbons (Fsp3) is 0.583. The molecule has 0 bridgehead atoms. The van der Waals surface area contributed by atoms with Gasteiger partial charge >= 0.3 is 0 Å². The summed E-state index contributed by atoms with van der Waals surface area (Å²) in [6.07, 6.45) is 5.70. The molecule has 4 nitrogen and oxygen atoms in total. The lowest BCUT2D eigenvalue weighted by Crippen LogP contribution is -2.49. The number of hydrogen-bond donors (Lipinski definition) is 2. The Labute approximate surface area is 109 Å². The maximum absolute atomic E-state index is 12.1. The van der Waals surface area contributed by atoms with Crippen LogP contribution < -0.4 is 5.32 Å². The number of aliphatic hydroxyl groups is 1. The summed E-state index contributed by atoms with van der Waals surface area (Å²) in [5.74, 6) is -0.117. The molecule has 0 spiro atoms. The molecule has 1 aromatic heterocycles. The number of carbonyl (C=O) groups excluding carboxylic acids is 1. The summed E-state index contributed by atoms with van der Waals surface area (Å²) in [6.45, 7) is 0.0182. The van der Waals surface area contributed by atoms with Crippen molar-refractivity contribution in [2.24, 2.45) is 7.05 Å². The Hall–Kier alpha value is -0.810. The van der Waals surface area contributed by atoms with E-state index >= 15 is 0 Å². The van der Waals surface area contributed by atoms with Gasteiger partial charge in [-0.15, -0.1) is 0 Å². The quantitative estimate of drug-likeness (QED) is 0.895. The highest BCUT2D eigenvalue weighted by Gasteiger charge is 2.35. The van der Waals surface area contributed by atoms with Gasteiger partial charge in [-0.25, -0.2) is 0 Å². The van der Waals surface area contributed by atoms with Crippen molar-refractivity contribution in [3.8, 4) is 0 Å². The molecular weight excluding hydrogens is 284 g/mol. The van der Waals surface area contributed by atoms with E-state index in [9.17, 15) is 9.90 Å². The molecule has 0 atom stereocenters. The zero-order valence-corrected chi connectivity index (χ0v) is 11.5. The van der Waals surface area contributed by atoms with Crippen LogP contribution in [-0.2, 0) is 7.05 Å². The van der Waals surface area contributed by atoms with Crippen LogP contribution in [0.1, 0.15) is 36.2 Å². The maximum Gasteiger partial charge on any atom is 0.268 e. The highest BCUT2D eigenvalue weighted by molar-refractivity contribution is 9.10. The Kier molecular flexibility index (Phi) is 3.58. The second-order valence-corrected chi connectivity index (χ2v) is 5.67. The van der Waals surface area contributed by atoms with Gasteiger partial charge in [0, 0.05) is 17.7 Å². The number of amides is 1. The Bertz CT molecular complexity index is 422. The van der Waals surface area contributed by atoms with Gasteiger partial charge < -0.3 is 15.0 Å². The first kappa shape index (κ1) is 12.6. The number of nitrogens with one attached hydrogen (secondary N) is 1. The lowest BCUT2D eigenvalue weighted by atomic mass is 9.99. The number of rotatable bonds is 3. The van der Waals surface area contributed by atoms with Gasteiger partial charge in [-0.1, -0.05) is 12.8 Å². The summed E-state index contributed by atoms with van der Waals surface area (Å²) in [5, 5.41) is 12.4. The molecule has 2 rings (SSSR count). The van der Waals surface area contributed by atoms with Crippen molar-refractivity contribution in [3.63, 3.8) is 0 Å². The summed E-state index contributed by atoms with van der Waals surface area (Å²) in [7, 11) is 1.83. The minimum atomic E-state index is -0.409. The Morgan fingerprint density at radius 3 is 2.71 bits per heavy atom. The molecule has 1 aromatic rings. The minimum absolute atomic E-state index is 0.0182. The minimum Gasteiger partial charge on any atom is -0.394 e. The van der Waals surface area contributed by atoms with Crippen LogP contribution in [0.5, 0.6) is 0 Å². The molecule has 2 N–H and O–H groups in total. The second-order valence-electron chi connectivity index (χ2n) is 4.75. The highest BCUT2D eigenvalue weighted by atomic mass is 79.9. The van der Waals surface area contributed by atoms with E-state index in [1.807, 2.05) is 13.2 Å². The predicted molar refractivity (Wildman–Crippen MR) is 68.9 cm³/mol. The summed E-state index contributed by atoms with van der Waals surface area (Å²) in [4.78, 5) is 12.1. The van der Waals surface area contributed by atoms with Gasteiger partial charge in [-0.3, -0.25) is 4.79 Å². The van der Waals surface area contributed by atoms with E-state index in [0.717, 1.165) is 30.2 Å². The number of aromatic nitrogens is 1. The van der Waals surface area contributed by atoms with E-state index < -0.39 is 5.54 Å². The Balaban J connectivity index is 2.13. The fourth-order valence-corrected chi connectivity index (χ4v) is 2.95. The summed E-state index contributed by atoms with van der Waals surface area (Å²) in [5.41, 5.74) is 0.199. The maximum atomic E-state index is 12.1. The molecule has 17 heavy (non-hydrogen) atoms.